The summed E-state index contributed by atoms with van der Waals surface area (Å²) in [4.78, 5) is 0. The molecule has 1 aromatic rings. The highest BCUT2D eigenvalue weighted by Gasteiger charge is 2.05. The van der Waals surface area contributed by atoms with E-state index in [1.165, 1.54) is 5.56 Å². The van der Waals surface area contributed by atoms with E-state index in [0.717, 1.165) is 17.9 Å². The summed E-state index contributed by atoms with van der Waals surface area (Å²) >= 11 is 5.83. The van der Waals surface area contributed by atoms with Gasteiger partial charge in [-0.15, -0.1) is 5.92 Å². The molecule has 92 valence electrons. The molecule has 0 heterocycles. The molecule has 0 aliphatic heterocycles. The van der Waals surface area contributed by atoms with Gasteiger partial charge in [0, 0.05) is 22.9 Å². The zero-order valence-corrected chi connectivity index (χ0v) is 11.5. The molecule has 0 spiro atoms. The van der Waals surface area contributed by atoms with Crippen LogP contribution in [0.5, 0.6) is 0 Å². The number of benzene rings is 1. The molecule has 0 saturated heterocycles. The predicted molar refractivity (Wildman–Crippen MR) is 75.0 cm³/mol. The predicted octanol–water partition coefficient (Wildman–Crippen LogP) is 3.65. The van der Waals surface area contributed by atoms with Crippen LogP contribution in [0.15, 0.2) is 24.3 Å². The van der Waals surface area contributed by atoms with Gasteiger partial charge < -0.3 is 5.73 Å². The fraction of sp³-hybridized carbons (Fsp3) is 0.467. The molecule has 0 amide bonds. The Bertz CT molecular complexity index is 403. The summed E-state index contributed by atoms with van der Waals surface area (Å²) in [6, 6.07) is 7.90. The second kappa shape index (κ2) is 6.10. The van der Waals surface area contributed by atoms with Gasteiger partial charge in [0.05, 0.1) is 0 Å². The molecule has 0 saturated carbocycles. The van der Waals surface area contributed by atoms with Gasteiger partial charge in [-0.3, -0.25) is 0 Å². The lowest BCUT2D eigenvalue weighted by molar-refractivity contribution is 0.569. The van der Waals surface area contributed by atoms with Crippen LogP contribution in [0.25, 0.3) is 0 Å². The van der Waals surface area contributed by atoms with Gasteiger partial charge in [0.25, 0.3) is 0 Å². The fourth-order valence-electron chi connectivity index (χ4n) is 1.44. The lowest BCUT2D eigenvalue weighted by Crippen LogP contribution is -2.22. The third-order valence-electron chi connectivity index (χ3n) is 2.24. The summed E-state index contributed by atoms with van der Waals surface area (Å²) < 4.78 is 0. The summed E-state index contributed by atoms with van der Waals surface area (Å²) in [5.74, 6) is 6.35. The first-order chi connectivity index (χ1) is 7.87. The molecule has 1 aromatic carbocycles. The molecule has 1 unspecified atom stereocenters. The monoisotopic (exact) mass is 249 g/mol. The lowest BCUT2D eigenvalue weighted by Gasteiger charge is -2.10. The minimum Gasteiger partial charge on any atom is -0.327 e. The van der Waals surface area contributed by atoms with Crippen LogP contribution < -0.4 is 5.73 Å². The van der Waals surface area contributed by atoms with Gasteiger partial charge in [-0.25, -0.2) is 0 Å². The standard InChI is InChI=1S/C15H20ClN/c1-15(2,3)10-4-5-14(17)11-12-6-8-13(16)9-7-12/h6-9,14H,5,11,17H2,1-3H3. The average molecular weight is 250 g/mol. The van der Waals surface area contributed by atoms with E-state index in [0.29, 0.717) is 0 Å². The van der Waals surface area contributed by atoms with Crippen molar-refractivity contribution in [3.05, 3.63) is 34.9 Å². The highest BCUT2D eigenvalue weighted by molar-refractivity contribution is 6.30. The van der Waals surface area contributed by atoms with Gasteiger partial charge in [-0.05, 0) is 44.9 Å². The summed E-state index contributed by atoms with van der Waals surface area (Å²) in [6.45, 7) is 6.31. The fourth-order valence-corrected chi connectivity index (χ4v) is 1.57. The third-order valence-corrected chi connectivity index (χ3v) is 2.49. The molecule has 1 nitrogen and oxygen atoms in total. The number of hydrogen-bond donors (Lipinski definition) is 1. The quantitative estimate of drug-likeness (QED) is 0.813. The SMILES string of the molecule is CC(C)(C)C#CCC(N)Cc1ccc(Cl)cc1. The number of rotatable bonds is 3. The van der Waals surface area contributed by atoms with Crippen LogP contribution in [0, 0.1) is 17.3 Å². The second-order valence-electron chi connectivity index (χ2n) is 5.35. The van der Waals surface area contributed by atoms with Crippen molar-refractivity contribution in [2.24, 2.45) is 11.1 Å². The van der Waals surface area contributed by atoms with E-state index < -0.39 is 0 Å². The largest absolute Gasteiger partial charge is 0.327 e. The molecule has 0 aromatic heterocycles. The molecular formula is C15H20ClN. The first-order valence-electron chi connectivity index (χ1n) is 5.87. The first kappa shape index (κ1) is 14.1. The van der Waals surface area contributed by atoms with Crippen molar-refractivity contribution < 1.29 is 0 Å². The molecule has 1 atom stereocenters. The maximum atomic E-state index is 6.04. The van der Waals surface area contributed by atoms with Gasteiger partial charge >= 0.3 is 0 Å². The maximum absolute atomic E-state index is 6.04. The van der Waals surface area contributed by atoms with Crippen molar-refractivity contribution >= 4 is 11.6 Å². The molecule has 0 aliphatic rings. The Hall–Kier alpha value is -0.970. The summed E-state index contributed by atoms with van der Waals surface area (Å²) in [6.07, 6.45) is 1.58. The summed E-state index contributed by atoms with van der Waals surface area (Å²) in [7, 11) is 0. The molecular weight excluding hydrogens is 230 g/mol. The molecule has 0 aliphatic carbocycles. The van der Waals surface area contributed by atoms with Crippen molar-refractivity contribution in [1.29, 1.82) is 0 Å². The van der Waals surface area contributed by atoms with Crippen LogP contribution in [0.4, 0.5) is 0 Å². The van der Waals surface area contributed by atoms with Crippen molar-refractivity contribution in [3.8, 4) is 11.8 Å². The molecule has 0 radical (unpaired) electrons. The van der Waals surface area contributed by atoms with E-state index in [2.05, 4.69) is 32.6 Å². The number of halogens is 1. The van der Waals surface area contributed by atoms with E-state index >= 15 is 0 Å². The minimum absolute atomic E-state index is 0.0555. The average Bonchev–Trinajstić information content (AvgIpc) is 2.19. The summed E-state index contributed by atoms with van der Waals surface area (Å²) in [5, 5.41) is 0.759. The van der Waals surface area contributed by atoms with Crippen LogP contribution in [-0.4, -0.2) is 6.04 Å². The maximum Gasteiger partial charge on any atom is 0.0406 e. The van der Waals surface area contributed by atoms with Gasteiger partial charge in [0.15, 0.2) is 0 Å². The molecule has 17 heavy (non-hydrogen) atoms. The summed E-state index contributed by atoms with van der Waals surface area (Å²) in [5.41, 5.74) is 7.30. The Morgan fingerprint density at radius 3 is 2.35 bits per heavy atom. The third kappa shape index (κ3) is 6.36. The van der Waals surface area contributed by atoms with Crippen molar-refractivity contribution in [1.82, 2.24) is 0 Å². The lowest BCUT2D eigenvalue weighted by atomic mass is 9.97. The zero-order valence-electron chi connectivity index (χ0n) is 10.8. The normalized spacial score (nSPS) is 12.8. The van der Waals surface area contributed by atoms with Crippen LogP contribution in [0.1, 0.15) is 32.8 Å². The van der Waals surface area contributed by atoms with Gasteiger partial charge in [0.1, 0.15) is 0 Å². The van der Waals surface area contributed by atoms with E-state index in [-0.39, 0.29) is 11.5 Å². The van der Waals surface area contributed by atoms with E-state index in [9.17, 15) is 0 Å². The van der Waals surface area contributed by atoms with Gasteiger partial charge in [0.2, 0.25) is 0 Å². The molecule has 2 N–H and O–H groups in total. The van der Waals surface area contributed by atoms with Gasteiger partial charge in [-0.2, -0.15) is 0 Å². The van der Waals surface area contributed by atoms with Crippen molar-refractivity contribution in [3.63, 3.8) is 0 Å². The van der Waals surface area contributed by atoms with Crippen LogP contribution >= 0.6 is 11.6 Å². The molecule has 0 fully saturated rings. The number of nitrogens with two attached hydrogens (primary N) is 1. The second-order valence-corrected chi connectivity index (χ2v) is 5.78. The Balaban J connectivity index is 2.46. The van der Waals surface area contributed by atoms with Crippen molar-refractivity contribution in [2.45, 2.75) is 39.7 Å². The zero-order chi connectivity index (χ0) is 12.9. The Labute approximate surface area is 109 Å². The topological polar surface area (TPSA) is 26.0 Å². The molecule has 2 heteroatoms. The van der Waals surface area contributed by atoms with Gasteiger partial charge in [-0.1, -0.05) is 29.7 Å². The highest BCUT2D eigenvalue weighted by Crippen LogP contribution is 2.12. The van der Waals surface area contributed by atoms with E-state index in [1.54, 1.807) is 0 Å². The van der Waals surface area contributed by atoms with Crippen LogP contribution in [0.3, 0.4) is 0 Å². The van der Waals surface area contributed by atoms with Crippen molar-refractivity contribution in [2.75, 3.05) is 0 Å². The Morgan fingerprint density at radius 1 is 1.24 bits per heavy atom. The highest BCUT2D eigenvalue weighted by atomic mass is 35.5. The van der Waals surface area contributed by atoms with E-state index in [4.69, 9.17) is 17.3 Å². The minimum atomic E-state index is 0.0555. The Morgan fingerprint density at radius 2 is 1.82 bits per heavy atom. The Kier molecular flexibility index (Phi) is 5.05. The number of hydrogen-bond acceptors (Lipinski definition) is 1. The van der Waals surface area contributed by atoms with Crippen LogP contribution in [-0.2, 0) is 6.42 Å². The smallest absolute Gasteiger partial charge is 0.0406 e. The van der Waals surface area contributed by atoms with E-state index in [1.807, 2.05) is 24.3 Å². The molecule has 1 rings (SSSR count). The first-order valence-corrected chi connectivity index (χ1v) is 6.25. The van der Waals surface area contributed by atoms with Crippen LogP contribution in [0.2, 0.25) is 5.02 Å². The molecule has 0 bridgehead atoms.